The van der Waals surface area contributed by atoms with E-state index in [1.54, 1.807) is 0 Å². The molecule has 2 atom stereocenters. The van der Waals surface area contributed by atoms with Gasteiger partial charge in [-0.25, -0.2) is 9.67 Å². The average Bonchev–Trinajstić information content (AvgIpc) is 3.62. The Morgan fingerprint density at radius 2 is 1.81 bits per heavy atom. The first-order valence-corrected chi connectivity index (χ1v) is 16.0. The summed E-state index contributed by atoms with van der Waals surface area (Å²) < 4.78 is 14.0. The summed E-state index contributed by atoms with van der Waals surface area (Å²) in [5, 5.41) is 8.91. The topological polar surface area (TPSA) is 94.4 Å². The Morgan fingerprint density at radius 1 is 0.907 bits per heavy atom. The lowest BCUT2D eigenvalue weighted by Crippen LogP contribution is -2.32. The second kappa shape index (κ2) is 11.4. The molecule has 1 amide bonds. The molecule has 4 aliphatic rings. The van der Waals surface area contributed by atoms with Gasteiger partial charge in [-0.2, -0.15) is 5.10 Å². The van der Waals surface area contributed by atoms with Crippen molar-refractivity contribution in [3.63, 3.8) is 0 Å². The number of amides is 1. The minimum Gasteiger partial charge on any atom is -0.491 e. The summed E-state index contributed by atoms with van der Waals surface area (Å²) >= 11 is 0. The van der Waals surface area contributed by atoms with Gasteiger partial charge >= 0.3 is 0 Å². The van der Waals surface area contributed by atoms with Crippen LogP contribution >= 0.6 is 0 Å². The molecule has 1 aliphatic carbocycles. The molecule has 2 saturated heterocycles. The molecule has 6 heterocycles. The van der Waals surface area contributed by atoms with Crippen LogP contribution in [-0.2, 0) is 17.6 Å². The number of nitrogens with zero attached hydrogens (tertiary/aromatic N) is 5. The maximum absolute atomic E-state index is 12.5. The molecular weight excluding hydrogens is 540 g/mol. The van der Waals surface area contributed by atoms with Crippen LogP contribution in [0, 0.1) is 0 Å². The van der Waals surface area contributed by atoms with E-state index < -0.39 is 0 Å². The second-order valence-corrected chi connectivity index (χ2v) is 12.3. The quantitative estimate of drug-likeness (QED) is 0.328. The average molecular weight is 579 g/mol. The molecule has 0 saturated carbocycles. The summed E-state index contributed by atoms with van der Waals surface area (Å²) in [5.74, 6) is 0.461. The summed E-state index contributed by atoms with van der Waals surface area (Å²) in [5.41, 5.74) is 7.56. The van der Waals surface area contributed by atoms with Crippen molar-refractivity contribution >= 4 is 16.9 Å². The summed E-state index contributed by atoms with van der Waals surface area (Å²) in [7, 11) is 0. The highest BCUT2D eigenvalue weighted by Crippen LogP contribution is 2.36. The Bertz CT molecular complexity index is 1670. The van der Waals surface area contributed by atoms with Gasteiger partial charge in [-0.1, -0.05) is 12.1 Å². The van der Waals surface area contributed by atoms with Crippen LogP contribution in [-0.4, -0.2) is 69.4 Å². The van der Waals surface area contributed by atoms with Crippen LogP contribution in [0.4, 0.5) is 0 Å². The fourth-order valence-corrected chi connectivity index (χ4v) is 7.27. The molecule has 0 bridgehead atoms. The molecule has 9 heteroatoms. The first-order chi connectivity index (χ1) is 21.2. The van der Waals surface area contributed by atoms with E-state index in [1.165, 1.54) is 50.0 Å². The van der Waals surface area contributed by atoms with E-state index in [1.807, 2.05) is 29.1 Å². The molecule has 8 rings (SSSR count). The summed E-state index contributed by atoms with van der Waals surface area (Å²) in [4.78, 5) is 25.4. The number of aromatic nitrogens is 4. The van der Waals surface area contributed by atoms with E-state index in [0.717, 1.165) is 72.3 Å². The first kappa shape index (κ1) is 26.8. The van der Waals surface area contributed by atoms with Crippen molar-refractivity contribution in [1.82, 2.24) is 30.0 Å². The predicted octanol–water partition coefficient (Wildman–Crippen LogP) is 5.32. The standard InChI is InChI=1S/C34H38N6O3/c41-34-26-11-7-23(20-30(26)42-18-14-35-34)32-27-19-24(21-36-33(27)40(38-32)31-5-1-4-17-43-31)29-12-8-22-6-9-25(10-13-28(22)37-29)39-15-2-3-16-39/h7-8,11-12,19-21,25,31H,1-6,9-10,13-18H2,(H,35,41). The molecular formula is C34H38N6O3. The third kappa shape index (κ3) is 5.08. The van der Waals surface area contributed by atoms with Crippen LogP contribution in [0.3, 0.4) is 0 Å². The van der Waals surface area contributed by atoms with Gasteiger partial charge in [0.25, 0.3) is 5.91 Å². The van der Waals surface area contributed by atoms with Gasteiger partial charge in [-0.3, -0.25) is 9.78 Å². The van der Waals surface area contributed by atoms with Gasteiger partial charge in [0.15, 0.2) is 11.9 Å². The normalized spacial score (nSPS) is 22.7. The van der Waals surface area contributed by atoms with Crippen molar-refractivity contribution in [2.24, 2.45) is 0 Å². The number of pyridine rings is 2. The lowest BCUT2D eigenvalue weighted by Gasteiger charge is -2.25. The Labute approximate surface area is 251 Å². The van der Waals surface area contributed by atoms with Crippen LogP contribution in [0.25, 0.3) is 33.5 Å². The van der Waals surface area contributed by atoms with Crippen LogP contribution in [0.15, 0.2) is 42.6 Å². The maximum atomic E-state index is 12.5. The second-order valence-electron chi connectivity index (χ2n) is 12.3. The number of hydrogen-bond donors (Lipinski definition) is 1. The number of aryl methyl sites for hydroxylation is 2. The van der Waals surface area contributed by atoms with Gasteiger partial charge in [0.1, 0.15) is 18.1 Å². The van der Waals surface area contributed by atoms with Gasteiger partial charge in [0.2, 0.25) is 0 Å². The highest BCUT2D eigenvalue weighted by molar-refractivity contribution is 5.99. The van der Waals surface area contributed by atoms with Crippen LogP contribution in [0.1, 0.15) is 72.8 Å². The Morgan fingerprint density at radius 3 is 2.70 bits per heavy atom. The summed E-state index contributed by atoms with van der Waals surface area (Å²) in [6.45, 7) is 4.13. The van der Waals surface area contributed by atoms with Crippen molar-refractivity contribution in [3.8, 4) is 28.3 Å². The number of nitrogens with one attached hydrogen (secondary N) is 1. The minimum absolute atomic E-state index is 0.116. The smallest absolute Gasteiger partial charge is 0.255 e. The largest absolute Gasteiger partial charge is 0.491 e. The molecule has 3 aromatic heterocycles. The van der Waals surface area contributed by atoms with Crippen LogP contribution < -0.4 is 10.1 Å². The molecule has 222 valence electrons. The number of benzene rings is 1. The van der Waals surface area contributed by atoms with Crippen molar-refractivity contribution < 1.29 is 14.3 Å². The molecule has 2 fully saturated rings. The maximum Gasteiger partial charge on any atom is 0.255 e. The zero-order valence-electron chi connectivity index (χ0n) is 24.6. The zero-order chi connectivity index (χ0) is 28.8. The molecule has 3 aliphatic heterocycles. The Balaban J connectivity index is 1.18. The predicted molar refractivity (Wildman–Crippen MR) is 164 cm³/mol. The Hall–Kier alpha value is -3.82. The molecule has 0 radical (unpaired) electrons. The van der Waals surface area contributed by atoms with E-state index in [4.69, 9.17) is 24.5 Å². The lowest BCUT2D eigenvalue weighted by molar-refractivity contribution is -0.0368. The van der Waals surface area contributed by atoms with E-state index in [9.17, 15) is 4.79 Å². The molecule has 9 nitrogen and oxygen atoms in total. The SMILES string of the molecule is O=C1NCCOc2cc(-c3nn(C4CCCCO4)c4ncc(-c5ccc6c(n5)CCC(N5CCCC5)CC6)cc34)ccc21. The molecule has 1 aromatic carbocycles. The van der Waals surface area contributed by atoms with Crippen LogP contribution in [0.2, 0.25) is 0 Å². The van der Waals surface area contributed by atoms with E-state index in [0.29, 0.717) is 30.5 Å². The van der Waals surface area contributed by atoms with Crippen molar-refractivity contribution in [1.29, 1.82) is 0 Å². The lowest BCUT2D eigenvalue weighted by atomic mass is 10.0. The highest BCUT2D eigenvalue weighted by Gasteiger charge is 2.27. The minimum atomic E-state index is -0.152. The van der Waals surface area contributed by atoms with Gasteiger partial charge < -0.3 is 19.7 Å². The number of carbonyl (C=O) groups excluding carboxylic acids is 1. The van der Waals surface area contributed by atoms with E-state index >= 15 is 0 Å². The monoisotopic (exact) mass is 578 g/mol. The highest BCUT2D eigenvalue weighted by atomic mass is 16.5. The number of likely N-dealkylation sites (tertiary alicyclic amines) is 1. The van der Waals surface area contributed by atoms with E-state index in [-0.39, 0.29) is 12.1 Å². The summed E-state index contributed by atoms with van der Waals surface area (Å²) in [6, 6.07) is 13.0. The van der Waals surface area contributed by atoms with Crippen molar-refractivity contribution in [3.05, 3.63) is 59.4 Å². The van der Waals surface area contributed by atoms with Crippen LogP contribution in [0.5, 0.6) is 5.75 Å². The number of fused-ring (bicyclic) bond motifs is 3. The molecule has 1 N–H and O–H groups in total. The molecule has 2 unspecified atom stereocenters. The molecule has 43 heavy (non-hydrogen) atoms. The van der Waals surface area contributed by atoms with Crippen molar-refractivity contribution in [2.45, 2.75) is 70.1 Å². The number of carbonyl (C=O) groups is 1. The first-order valence-electron chi connectivity index (χ1n) is 16.0. The van der Waals surface area contributed by atoms with E-state index in [2.05, 4.69) is 28.4 Å². The third-order valence-electron chi connectivity index (χ3n) is 9.60. The molecule has 4 aromatic rings. The van der Waals surface area contributed by atoms with Crippen molar-refractivity contribution in [2.75, 3.05) is 32.8 Å². The van der Waals surface area contributed by atoms with Gasteiger partial charge in [-0.05, 0) is 101 Å². The summed E-state index contributed by atoms with van der Waals surface area (Å²) in [6.07, 6.45) is 12.0. The molecule has 0 spiro atoms. The Kier molecular flexibility index (Phi) is 7.07. The number of ether oxygens (including phenoxy) is 2. The fraction of sp³-hybridized carbons (Fsp3) is 0.471. The van der Waals surface area contributed by atoms with Gasteiger partial charge in [-0.15, -0.1) is 0 Å². The van der Waals surface area contributed by atoms with Gasteiger partial charge in [0, 0.05) is 41.1 Å². The number of rotatable bonds is 4. The number of hydrogen-bond acceptors (Lipinski definition) is 7. The van der Waals surface area contributed by atoms with Gasteiger partial charge in [0.05, 0.1) is 17.8 Å². The fourth-order valence-electron chi connectivity index (χ4n) is 7.27. The third-order valence-corrected chi connectivity index (χ3v) is 9.60. The zero-order valence-corrected chi connectivity index (χ0v) is 24.6.